The minimum absolute atomic E-state index is 0.278. The van der Waals surface area contributed by atoms with Gasteiger partial charge in [-0.15, -0.1) is 0 Å². The highest BCUT2D eigenvalue weighted by molar-refractivity contribution is 6.30. The summed E-state index contributed by atoms with van der Waals surface area (Å²) in [5.41, 5.74) is 5.41. The zero-order valence-electron chi connectivity index (χ0n) is 16.4. The van der Waals surface area contributed by atoms with Gasteiger partial charge in [-0.05, 0) is 30.2 Å². The molecule has 0 saturated carbocycles. The zero-order valence-corrected chi connectivity index (χ0v) is 17.1. The van der Waals surface area contributed by atoms with Crippen LogP contribution in [0.1, 0.15) is 16.7 Å². The summed E-state index contributed by atoms with van der Waals surface area (Å²) in [6, 6.07) is 15.2. The second kappa shape index (κ2) is 8.00. The molecule has 4 aromatic rings. The number of H-pyrrole nitrogens is 1. The number of aromatic nitrogens is 4. The summed E-state index contributed by atoms with van der Waals surface area (Å²) in [4.78, 5) is 31.3. The number of anilines is 1. The molecule has 0 aliphatic heterocycles. The van der Waals surface area contributed by atoms with Crippen LogP contribution in [-0.4, -0.2) is 25.3 Å². The van der Waals surface area contributed by atoms with E-state index in [0.717, 1.165) is 16.7 Å². The number of aromatic amines is 1. The summed E-state index contributed by atoms with van der Waals surface area (Å²) in [6.07, 6.45) is 1.62. The molecule has 0 spiro atoms. The first kappa shape index (κ1) is 19.7. The molecule has 4 rings (SSSR count). The molecule has 0 radical (unpaired) electrons. The molecule has 0 amide bonds. The van der Waals surface area contributed by atoms with E-state index in [1.54, 1.807) is 30.0 Å². The quantitative estimate of drug-likeness (QED) is 0.381. The molecule has 0 fully saturated rings. The van der Waals surface area contributed by atoms with Crippen molar-refractivity contribution in [3.8, 4) is 0 Å². The summed E-state index contributed by atoms with van der Waals surface area (Å²) >= 11 is 5.90. The number of halogens is 1. The number of aryl methyl sites for hydroxylation is 2. The van der Waals surface area contributed by atoms with Crippen molar-refractivity contribution in [2.45, 2.75) is 13.5 Å². The first-order chi connectivity index (χ1) is 14.4. The van der Waals surface area contributed by atoms with Crippen LogP contribution < -0.4 is 16.7 Å². The summed E-state index contributed by atoms with van der Waals surface area (Å²) < 4.78 is 3.01. The van der Waals surface area contributed by atoms with E-state index in [0.29, 0.717) is 23.0 Å². The minimum atomic E-state index is -0.524. The number of imidazole rings is 1. The van der Waals surface area contributed by atoms with Crippen molar-refractivity contribution in [1.29, 1.82) is 0 Å². The SMILES string of the molecule is Cc1ccc(Cn2c(N/N=C\c3ccc(Cl)cc3)nc3c2c(=O)[nH]c(=O)n3C)cc1. The standard InChI is InChI=1S/C21H19ClN6O2/c1-13-3-5-15(6-4-13)12-28-17-18(27(2)21(30)25-19(17)29)24-20(28)26-23-11-14-7-9-16(22)10-8-14/h3-11H,12H2,1-2H3,(H,24,26)(H,25,29,30)/b23-11-. The van der Waals surface area contributed by atoms with E-state index in [4.69, 9.17) is 11.6 Å². The van der Waals surface area contributed by atoms with E-state index in [1.807, 2.05) is 43.3 Å². The molecule has 0 unspecified atom stereocenters. The number of rotatable bonds is 5. The van der Waals surface area contributed by atoms with E-state index >= 15 is 0 Å². The average Bonchev–Trinajstić information content (AvgIpc) is 3.08. The number of nitrogens with one attached hydrogen (secondary N) is 2. The number of hydrogen-bond acceptors (Lipinski definition) is 5. The molecule has 0 saturated heterocycles. The lowest BCUT2D eigenvalue weighted by Crippen LogP contribution is -2.29. The summed E-state index contributed by atoms with van der Waals surface area (Å²) in [5, 5.41) is 4.87. The smallest absolute Gasteiger partial charge is 0.298 e. The van der Waals surface area contributed by atoms with Crippen LogP contribution in [-0.2, 0) is 13.6 Å². The van der Waals surface area contributed by atoms with Crippen LogP contribution >= 0.6 is 11.6 Å². The van der Waals surface area contributed by atoms with Crippen molar-refractivity contribution >= 4 is 34.9 Å². The number of nitrogens with zero attached hydrogens (tertiary/aromatic N) is 4. The van der Waals surface area contributed by atoms with Crippen molar-refractivity contribution in [1.82, 2.24) is 19.1 Å². The number of benzene rings is 2. The van der Waals surface area contributed by atoms with E-state index in [9.17, 15) is 9.59 Å². The molecular formula is C21H19ClN6O2. The fraction of sp³-hybridized carbons (Fsp3) is 0.143. The predicted molar refractivity (Wildman–Crippen MR) is 119 cm³/mol. The number of hydrogen-bond donors (Lipinski definition) is 2. The van der Waals surface area contributed by atoms with Gasteiger partial charge in [0.2, 0.25) is 5.95 Å². The minimum Gasteiger partial charge on any atom is -0.298 e. The Morgan fingerprint density at radius 1 is 1.13 bits per heavy atom. The van der Waals surface area contributed by atoms with Gasteiger partial charge < -0.3 is 0 Å². The maximum atomic E-state index is 12.5. The summed E-state index contributed by atoms with van der Waals surface area (Å²) in [6.45, 7) is 2.40. The lowest BCUT2D eigenvalue weighted by molar-refractivity contribution is 0.808. The number of fused-ring (bicyclic) bond motifs is 1. The van der Waals surface area contributed by atoms with Gasteiger partial charge in [0, 0.05) is 12.1 Å². The lowest BCUT2D eigenvalue weighted by atomic mass is 10.1. The average molecular weight is 423 g/mol. The normalized spacial score (nSPS) is 11.4. The Morgan fingerprint density at radius 3 is 2.53 bits per heavy atom. The molecule has 0 bridgehead atoms. The summed E-state index contributed by atoms with van der Waals surface area (Å²) in [5.74, 6) is 0.350. The highest BCUT2D eigenvalue weighted by Gasteiger charge is 2.17. The third-order valence-corrected chi connectivity index (χ3v) is 4.97. The zero-order chi connectivity index (χ0) is 21.3. The van der Waals surface area contributed by atoms with Gasteiger partial charge in [0.25, 0.3) is 5.56 Å². The molecule has 0 atom stereocenters. The van der Waals surface area contributed by atoms with Crippen molar-refractivity contribution in [2.75, 3.05) is 5.43 Å². The molecule has 2 heterocycles. The lowest BCUT2D eigenvalue weighted by Gasteiger charge is -2.08. The van der Waals surface area contributed by atoms with E-state index in [-0.39, 0.29) is 5.65 Å². The topological polar surface area (TPSA) is 97.1 Å². The maximum Gasteiger partial charge on any atom is 0.329 e. The molecule has 2 N–H and O–H groups in total. The highest BCUT2D eigenvalue weighted by atomic mass is 35.5. The van der Waals surface area contributed by atoms with Gasteiger partial charge in [0.1, 0.15) is 0 Å². The second-order valence-corrected chi connectivity index (χ2v) is 7.36. The van der Waals surface area contributed by atoms with Crippen molar-refractivity contribution in [3.63, 3.8) is 0 Å². The fourth-order valence-electron chi connectivity index (χ4n) is 3.06. The van der Waals surface area contributed by atoms with E-state index in [1.165, 1.54) is 4.57 Å². The van der Waals surface area contributed by atoms with Crippen molar-refractivity contribution in [3.05, 3.63) is 91.1 Å². The molecule has 9 heteroatoms. The largest absolute Gasteiger partial charge is 0.329 e. The predicted octanol–water partition coefficient (Wildman–Crippen LogP) is 2.88. The fourth-order valence-corrected chi connectivity index (χ4v) is 3.19. The molecule has 30 heavy (non-hydrogen) atoms. The molecule has 2 aromatic heterocycles. The van der Waals surface area contributed by atoms with Crippen LogP contribution in [0.2, 0.25) is 5.02 Å². The van der Waals surface area contributed by atoms with Gasteiger partial charge in [-0.3, -0.25) is 18.9 Å². The van der Waals surface area contributed by atoms with Gasteiger partial charge in [-0.25, -0.2) is 10.2 Å². The van der Waals surface area contributed by atoms with Crippen LogP contribution in [0.15, 0.2) is 63.2 Å². The Kier molecular flexibility index (Phi) is 5.24. The van der Waals surface area contributed by atoms with Crippen molar-refractivity contribution in [2.24, 2.45) is 12.1 Å². The van der Waals surface area contributed by atoms with Crippen LogP contribution in [0.4, 0.5) is 5.95 Å². The second-order valence-electron chi connectivity index (χ2n) is 6.92. The molecule has 2 aromatic carbocycles. The maximum absolute atomic E-state index is 12.5. The molecule has 0 aliphatic rings. The molecule has 152 valence electrons. The third-order valence-electron chi connectivity index (χ3n) is 4.72. The molecule has 0 aliphatic carbocycles. The first-order valence-corrected chi connectivity index (χ1v) is 9.60. The van der Waals surface area contributed by atoms with Gasteiger partial charge >= 0.3 is 5.69 Å². The first-order valence-electron chi connectivity index (χ1n) is 9.22. The van der Waals surface area contributed by atoms with Crippen LogP contribution in [0.5, 0.6) is 0 Å². The number of hydrazone groups is 1. The highest BCUT2D eigenvalue weighted by Crippen LogP contribution is 2.18. The van der Waals surface area contributed by atoms with Crippen LogP contribution in [0.3, 0.4) is 0 Å². The Balaban J connectivity index is 1.77. The Bertz CT molecular complexity index is 1350. The van der Waals surface area contributed by atoms with Gasteiger partial charge in [0.05, 0.1) is 12.8 Å². The third kappa shape index (κ3) is 3.90. The molecule has 8 nitrogen and oxygen atoms in total. The Morgan fingerprint density at radius 2 is 1.83 bits per heavy atom. The van der Waals surface area contributed by atoms with Gasteiger partial charge in [-0.1, -0.05) is 53.6 Å². The Hall–Kier alpha value is -3.65. The Labute approximate surface area is 176 Å². The van der Waals surface area contributed by atoms with Gasteiger partial charge in [0.15, 0.2) is 11.2 Å². The van der Waals surface area contributed by atoms with Crippen LogP contribution in [0, 0.1) is 6.92 Å². The monoisotopic (exact) mass is 422 g/mol. The van der Waals surface area contributed by atoms with E-state index < -0.39 is 11.2 Å². The molecular weight excluding hydrogens is 404 g/mol. The van der Waals surface area contributed by atoms with Crippen LogP contribution in [0.25, 0.3) is 11.2 Å². The summed E-state index contributed by atoms with van der Waals surface area (Å²) in [7, 11) is 1.56. The van der Waals surface area contributed by atoms with E-state index in [2.05, 4.69) is 20.5 Å². The van der Waals surface area contributed by atoms with Crippen molar-refractivity contribution < 1.29 is 0 Å². The van der Waals surface area contributed by atoms with Gasteiger partial charge in [-0.2, -0.15) is 10.1 Å².